The summed E-state index contributed by atoms with van der Waals surface area (Å²) in [6.07, 6.45) is 2.80. The third kappa shape index (κ3) is 3.39. The first-order valence-corrected chi connectivity index (χ1v) is 7.77. The maximum Gasteiger partial charge on any atom is 0.146 e. The van der Waals surface area contributed by atoms with Crippen LogP contribution in [0.2, 0.25) is 5.15 Å². The van der Waals surface area contributed by atoms with Crippen molar-refractivity contribution in [1.82, 2.24) is 9.97 Å². The molecular weight excluding hydrogens is 367 g/mol. The molecule has 0 atom stereocenters. The molecule has 0 radical (unpaired) electrons. The Balaban J connectivity index is 2.28. The van der Waals surface area contributed by atoms with Crippen molar-refractivity contribution < 1.29 is 0 Å². The second kappa shape index (κ2) is 6.11. The van der Waals surface area contributed by atoms with Crippen molar-refractivity contribution in [3.05, 3.63) is 42.6 Å². The van der Waals surface area contributed by atoms with Crippen LogP contribution in [0.3, 0.4) is 0 Å². The summed E-state index contributed by atoms with van der Waals surface area (Å²) in [5.41, 5.74) is 1.07. The van der Waals surface area contributed by atoms with E-state index in [1.54, 1.807) is 11.3 Å². The van der Waals surface area contributed by atoms with Gasteiger partial charge in [0.2, 0.25) is 0 Å². The smallest absolute Gasteiger partial charge is 0.146 e. The lowest BCUT2D eigenvalue weighted by Gasteiger charge is -2.06. The summed E-state index contributed by atoms with van der Waals surface area (Å²) in [7, 11) is 0. The van der Waals surface area contributed by atoms with Crippen LogP contribution >= 0.6 is 45.5 Å². The second-order valence-corrected chi connectivity index (χ2v) is 6.17. The number of thiophene rings is 1. The van der Waals surface area contributed by atoms with Crippen molar-refractivity contribution in [1.29, 1.82) is 0 Å². The van der Waals surface area contributed by atoms with Crippen molar-refractivity contribution in [2.24, 2.45) is 0 Å². The molecule has 2 heterocycles. The van der Waals surface area contributed by atoms with Crippen molar-refractivity contribution in [3.8, 4) is 0 Å². The first kappa shape index (κ1) is 13.2. The monoisotopic (exact) mass is 378 g/mol. The van der Waals surface area contributed by atoms with Crippen LogP contribution in [0, 0.1) is 3.57 Å². The lowest BCUT2D eigenvalue weighted by Crippen LogP contribution is -2.03. The fourth-order valence-corrected chi connectivity index (χ4v) is 2.98. The number of halogens is 2. The van der Waals surface area contributed by atoms with E-state index >= 15 is 0 Å². The molecule has 0 aliphatic rings. The number of aryl methyl sites for hydroxylation is 1. The Morgan fingerprint density at radius 3 is 2.88 bits per heavy atom. The molecule has 17 heavy (non-hydrogen) atoms. The fourth-order valence-electron chi connectivity index (χ4n) is 1.56. The summed E-state index contributed by atoms with van der Waals surface area (Å²) in [6.45, 7) is 2.14. The molecular formula is C12H12ClIN2S. The Hall–Kier alpha value is -0.200. The van der Waals surface area contributed by atoms with Gasteiger partial charge in [-0.1, -0.05) is 31.0 Å². The van der Waals surface area contributed by atoms with Gasteiger partial charge in [-0.3, -0.25) is 0 Å². The molecule has 0 aliphatic heterocycles. The zero-order valence-electron chi connectivity index (χ0n) is 9.41. The maximum absolute atomic E-state index is 6.14. The van der Waals surface area contributed by atoms with Crippen LogP contribution in [0.4, 0.5) is 0 Å². The van der Waals surface area contributed by atoms with Gasteiger partial charge in [0, 0.05) is 11.3 Å². The van der Waals surface area contributed by atoms with Gasteiger partial charge in [0.25, 0.3) is 0 Å². The van der Waals surface area contributed by atoms with Crippen LogP contribution in [0.15, 0.2) is 17.5 Å². The number of hydrogen-bond acceptors (Lipinski definition) is 3. The van der Waals surface area contributed by atoms with Crippen LogP contribution in [0.5, 0.6) is 0 Å². The van der Waals surface area contributed by atoms with Crippen molar-refractivity contribution >= 4 is 45.5 Å². The molecule has 0 unspecified atom stereocenters. The molecule has 0 N–H and O–H groups in total. The minimum atomic E-state index is 0.579. The standard InChI is InChI=1S/C12H12ClIN2S/c1-2-4-9-11(14)12(13)16-10(15-9)7-8-5-3-6-17-8/h3,5-6H,2,4,7H2,1H3. The normalized spacial score (nSPS) is 10.8. The van der Waals surface area contributed by atoms with E-state index in [4.69, 9.17) is 11.6 Å². The zero-order chi connectivity index (χ0) is 12.3. The molecule has 0 saturated heterocycles. The molecule has 0 spiro atoms. The van der Waals surface area contributed by atoms with Gasteiger partial charge in [0.05, 0.1) is 9.26 Å². The SMILES string of the molecule is CCCc1nc(Cc2cccs2)nc(Cl)c1I. The predicted octanol–water partition coefficient (Wildman–Crippen LogP) is 4.34. The summed E-state index contributed by atoms with van der Waals surface area (Å²) in [6, 6.07) is 4.14. The van der Waals surface area contributed by atoms with Gasteiger partial charge < -0.3 is 0 Å². The first-order valence-electron chi connectivity index (χ1n) is 5.44. The van der Waals surface area contributed by atoms with Crippen LogP contribution in [0.1, 0.15) is 29.7 Å². The average Bonchev–Trinajstić information content (AvgIpc) is 2.78. The molecule has 2 nitrogen and oxygen atoms in total. The Bertz CT molecular complexity index is 499. The minimum absolute atomic E-state index is 0.579. The molecule has 0 aromatic carbocycles. The Morgan fingerprint density at radius 2 is 2.24 bits per heavy atom. The van der Waals surface area contributed by atoms with E-state index in [-0.39, 0.29) is 0 Å². The molecule has 0 bridgehead atoms. The summed E-state index contributed by atoms with van der Waals surface area (Å²) in [5, 5.41) is 2.65. The number of nitrogens with zero attached hydrogens (tertiary/aromatic N) is 2. The van der Waals surface area contributed by atoms with Crippen LogP contribution in [-0.4, -0.2) is 9.97 Å². The summed E-state index contributed by atoms with van der Waals surface area (Å²) >= 11 is 10.1. The van der Waals surface area contributed by atoms with E-state index in [9.17, 15) is 0 Å². The van der Waals surface area contributed by atoms with Gasteiger partial charge >= 0.3 is 0 Å². The molecule has 0 saturated carbocycles. The van der Waals surface area contributed by atoms with Gasteiger partial charge in [-0.05, 0) is 40.5 Å². The second-order valence-electron chi connectivity index (χ2n) is 3.70. The van der Waals surface area contributed by atoms with Crippen molar-refractivity contribution in [3.63, 3.8) is 0 Å². The van der Waals surface area contributed by atoms with Gasteiger partial charge in [-0.2, -0.15) is 0 Å². The highest BCUT2D eigenvalue weighted by molar-refractivity contribution is 14.1. The molecule has 2 aromatic heterocycles. The van der Waals surface area contributed by atoms with E-state index in [0.717, 1.165) is 34.4 Å². The van der Waals surface area contributed by atoms with Gasteiger partial charge in [0.1, 0.15) is 11.0 Å². The summed E-state index contributed by atoms with van der Waals surface area (Å²) < 4.78 is 0.987. The van der Waals surface area contributed by atoms with E-state index in [1.165, 1.54) is 4.88 Å². The number of rotatable bonds is 4. The number of aromatic nitrogens is 2. The molecule has 2 aromatic rings. The van der Waals surface area contributed by atoms with Crippen molar-refractivity contribution in [2.75, 3.05) is 0 Å². The molecule has 0 aliphatic carbocycles. The van der Waals surface area contributed by atoms with Crippen LogP contribution in [0.25, 0.3) is 0 Å². The minimum Gasteiger partial charge on any atom is -0.236 e. The highest BCUT2D eigenvalue weighted by Crippen LogP contribution is 2.22. The third-order valence-corrected chi connectivity index (χ3v) is 4.93. The Kier molecular flexibility index (Phi) is 4.76. The van der Waals surface area contributed by atoms with Gasteiger partial charge in [0.15, 0.2) is 0 Å². The lowest BCUT2D eigenvalue weighted by atomic mass is 10.2. The molecule has 0 amide bonds. The molecule has 2 rings (SSSR count). The van der Waals surface area contributed by atoms with Crippen LogP contribution < -0.4 is 0 Å². The lowest BCUT2D eigenvalue weighted by molar-refractivity contribution is 0.835. The average molecular weight is 379 g/mol. The highest BCUT2D eigenvalue weighted by atomic mass is 127. The topological polar surface area (TPSA) is 25.8 Å². The Morgan fingerprint density at radius 1 is 1.41 bits per heavy atom. The zero-order valence-corrected chi connectivity index (χ0v) is 13.1. The quantitative estimate of drug-likeness (QED) is 0.584. The number of hydrogen-bond donors (Lipinski definition) is 0. The van der Waals surface area contributed by atoms with Crippen molar-refractivity contribution in [2.45, 2.75) is 26.2 Å². The highest BCUT2D eigenvalue weighted by Gasteiger charge is 2.10. The summed E-state index contributed by atoms with van der Waals surface area (Å²) in [5.74, 6) is 0.821. The first-order chi connectivity index (χ1) is 8.20. The molecule has 5 heteroatoms. The van der Waals surface area contributed by atoms with E-state index in [1.807, 2.05) is 6.07 Å². The molecule has 90 valence electrons. The maximum atomic E-state index is 6.14. The summed E-state index contributed by atoms with van der Waals surface area (Å²) in [4.78, 5) is 10.2. The van der Waals surface area contributed by atoms with Crippen LogP contribution in [-0.2, 0) is 12.8 Å². The largest absolute Gasteiger partial charge is 0.236 e. The fraction of sp³-hybridized carbons (Fsp3) is 0.333. The third-order valence-electron chi connectivity index (χ3n) is 2.32. The predicted molar refractivity (Wildman–Crippen MR) is 80.9 cm³/mol. The van der Waals surface area contributed by atoms with E-state index < -0.39 is 0 Å². The van der Waals surface area contributed by atoms with E-state index in [2.05, 4.69) is 50.9 Å². The van der Waals surface area contributed by atoms with E-state index in [0.29, 0.717) is 5.15 Å². The molecule has 0 fully saturated rings. The van der Waals surface area contributed by atoms with Gasteiger partial charge in [-0.15, -0.1) is 11.3 Å². The van der Waals surface area contributed by atoms with Gasteiger partial charge in [-0.25, -0.2) is 9.97 Å². The Labute approximate surface area is 124 Å².